The molecule has 0 saturated carbocycles. The molecule has 1 heterocycles. The van der Waals surface area contributed by atoms with Gasteiger partial charge in [-0.15, -0.1) is 11.8 Å². The number of ketones is 1. The van der Waals surface area contributed by atoms with Crippen LogP contribution in [-0.2, 0) is 4.79 Å². The Morgan fingerprint density at radius 1 is 1.08 bits per heavy atom. The molecule has 25 heavy (non-hydrogen) atoms. The van der Waals surface area contributed by atoms with Gasteiger partial charge in [0.2, 0.25) is 0 Å². The van der Waals surface area contributed by atoms with E-state index in [0.717, 1.165) is 33.8 Å². The summed E-state index contributed by atoms with van der Waals surface area (Å²) in [5, 5.41) is 4.19. The highest BCUT2D eigenvalue weighted by Crippen LogP contribution is 2.52. The van der Waals surface area contributed by atoms with Crippen LogP contribution in [0.1, 0.15) is 37.5 Å². The number of Topliss-reactive ketones (excluding diaryl/α,β-unsaturated/α-hetero) is 1. The summed E-state index contributed by atoms with van der Waals surface area (Å²) in [6.07, 6.45) is 1.44. The first-order valence-corrected chi connectivity index (χ1v) is 9.74. The van der Waals surface area contributed by atoms with Crippen LogP contribution in [0.3, 0.4) is 0 Å². The standard InChI is InChI=1S/C21H20ClNOS/c1-21(2)11-16-19(17(24)12-21)20(13-7-3-4-8-14(13)22)25-18-10-6-5-9-15(18)23-16/h3-10,20,23H,11-12H2,1-2H3/t20-/m1/s1. The van der Waals surface area contributed by atoms with Crippen molar-refractivity contribution in [3.8, 4) is 0 Å². The number of carbonyl (C=O) groups excluding carboxylic acids is 1. The van der Waals surface area contributed by atoms with E-state index < -0.39 is 0 Å². The Kier molecular flexibility index (Phi) is 4.17. The lowest BCUT2D eigenvalue weighted by Gasteiger charge is -2.34. The average molecular weight is 370 g/mol. The van der Waals surface area contributed by atoms with Crippen molar-refractivity contribution in [1.29, 1.82) is 0 Å². The molecule has 0 spiro atoms. The van der Waals surface area contributed by atoms with Crippen molar-refractivity contribution in [1.82, 2.24) is 0 Å². The summed E-state index contributed by atoms with van der Waals surface area (Å²) in [4.78, 5) is 14.2. The van der Waals surface area contributed by atoms with Gasteiger partial charge in [-0.2, -0.15) is 0 Å². The second kappa shape index (κ2) is 6.22. The molecule has 1 aliphatic heterocycles. The molecule has 4 heteroatoms. The van der Waals surface area contributed by atoms with Crippen LogP contribution in [0.4, 0.5) is 5.69 Å². The Labute approximate surface area is 157 Å². The van der Waals surface area contributed by atoms with Gasteiger partial charge in [-0.3, -0.25) is 4.79 Å². The maximum Gasteiger partial charge on any atom is 0.162 e. The molecule has 0 fully saturated rings. The third kappa shape index (κ3) is 3.11. The maximum atomic E-state index is 13.1. The second-order valence-corrected chi connectivity index (χ2v) is 9.03. The van der Waals surface area contributed by atoms with Crippen LogP contribution in [0.25, 0.3) is 0 Å². The van der Waals surface area contributed by atoms with Gasteiger partial charge < -0.3 is 5.32 Å². The van der Waals surface area contributed by atoms with Crippen LogP contribution in [0.5, 0.6) is 0 Å². The van der Waals surface area contributed by atoms with Gasteiger partial charge in [0, 0.05) is 27.6 Å². The van der Waals surface area contributed by atoms with Crippen molar-refractivity contribution in [3.05, 3.63) is 70.4 Å². The molecule has 2 aromatic rings. The zero-order valence-corrected chi connectivity index (χ0v) is 15.9. The number of rotatable bonds is 1. The Morgan fingerprint density at radius 3 is 2.60 bits per heavy atom. The number of hydrogen-bond donors (Lipinski definition) is 1. The van der Waals surface area contributed by atoms with Crippen LogP contribution < -0.4 is 5.32 Å². The Balaban J connectivity index is 1.92. The fraction of sp³-hybridized carbons (Fsp3) is 0.286. The largest absolute Gasteiger partial charge is 0.358 e. The fourth-order valence-corrected chi connectivity index (χ4v) is 5.37. The number of halogens is 1. The summed E-state index contributed by atoms with van der Waals surface area (Å²) in [7, 11) is 0. The second-order valence-electron chi connectivity index (χ2n) is 7.47. The first-order chi connectivity index (χ1) is 11.9. The van der Waals surface area contributed by atoms with Gasteiger partial charge in [0.15, 0.2) is 5.78 Å². The molecule has 1 N–H and O–H groups in total. The molecule has 0 saturated heterocycles. The van der Waals surface area contributed by atoms with E-state index in [0.29, 0.717) is 11.4 Å². The van der Waals surface area contributed by atoms with Gasteiger partial charge in [-0.05, 0) is 35.6 Å². The van der Waals surface area contributed by atoms with Gasteiger partial charge in [-0.25, -0.2) is 0 Å². The van der Waals surface area contributed by atoms with E-state index in [4.69, 9.17) is 11.6 Å². The van der Waals surface area contributed by atoms with Crippen LogP contribution in [0.2, 0.25) is 5.02 Å². The molecule has 0 radical (unpaired) electrons. The molecule has 2 nitrogen and oxygen atoms in total. The number of para-hydroxylation sites is 1. The highest BCUT2D eigenvalue weighted by atomic mass is 35.5. The summed E-state index contributed by atoms with van der Waals surface area (Å²) in [6.45, 7) is 4.32. The lowest BCUT2D eigenvalue weighted by molar-refractivity contribution is -0.118. The monoisotopic (exact) mass is 369 g/mol. The minimum Gasteiger partial charge on any atom is -0.358 e. The normalized spacial score (nSPS) is 21.9. The smallest absolute Gasteiger partial charge is 0.162 e. The zero-order chi connectivity index (χ0) is 17.6. The van der Waals surface area contributed by atoms with E-state index in [9.17, 15) is 4.79 Å². The summed E-state index contributed by atoms with van der Waals surface area (Å²) in [5.41, 5.74) is 3.98. The Morgan fingerprint density at radius 2 is 1.80 bits per heavy atom. The molecule has 4 rings (SSSR count). The number of carbonyl (C=O) groups is 1. The molecule has 128 valence electrons. The number of allylic oxidation sites excluding steroid dienone is 1. The predicted octanol–water partition coefficient (Wildman–Crippen LogP) is 6.24. The van der Waals surface area contributed by atoms with Crippen molar-refractivity contribution in [3.63, 3.8) is 0 Å². The number of thioether (sulfide) groups is 1. The van der Waals surface area contributed by atoms with Gasteiger partial charge in [0.05, 0.1) is 10.9 Å². The van der Waals surface area contributed by atoms with Crippen molar-refractivity contribution >= 4 is 34.8 Å². The van der Waals surface area contributed by atoms with Gasteiger partial charge in [0.1, 0.15) is 0 Å². The maximum absolute atomic E-state index is 13.1. The zero-order valence-electron chi connectivity index (χ0n) is 14.3. The van der Waals surface area contributed by atoms with E-state index in [-0.39, 0.29) is 16.4 Å². The highest BCUT2D eigenvalue weighted by Gasteiger charge is 2.39. The third-order valence-corrected chi connectivity index (χ3v) is 6.47. The van der Waals surface area contributed by atoms with Crippen molar-refractivity contribution in [2.75, 3.05) is 5.32 Å². The molecule has 0 bridgehead atoms. The summed E-state index contributed by atoms with van der Waals surface area (Å²) in [6, 6.07) is 16.1. The lowest BCUT2D eigenvalue weighted by atomic mass is 9.74. The van der Waals surface area contributed by atoms with Crippen LogP contribution in [0, 0.1) is 5.41 Å². The summed E-state index contributed by atoms with van der Waals surface area (Å²) in [5.74, 6) is 0.226. The van der Waals surface area contributed by atoms with E-state index in [1.165, 1.54) is 0 Å². The SMILES string of the molecule is CC1(C)CC(=O)C2=C(C1)Nc1ccccc1S[C@@H]2c1ccccc1Cl. The van der Waals surface area contributed by atoms with Crippen LogP contribution in [-0.4, -0.2) is 5.78 Å². The van der Waals surface area contributed by atoms with E-state index in [1.807, 2.05) is 36.4 Å². The lowest BCUT2D eigenvalue weighted by Crippen LogP contribution is -2.29. The van der Waals surface area contributed by atoms with Gasteiger partial charge in [-0.1, -0.05) is 55.8 Å². The molecule has 2 aliphatic rings. The molecule has 0 amide bonds. The summed E-state index contributed by atoms with van der Waals surface area (Å²) < 4.78 is 0. The highest BCUT2D eigenvalue weighted by molar-refractivity contribution is 8.00. The Hall–Kier alpha value is -1.71. The number of benzene rings is 2. The van der Waals surface area contributed by atoms with Crippen LogP contribution in [0.15, 0.2) is 64.7 Å². The van der Waals surface area contributed by atoms with Crippen molar-refractivity contribution < 1.29 is 4.79 Å². The minimum atomic E-state index is -0.0801. The third-order valence-electron chi connectivity index (χ3n) is 4.79. The average Bonchev–Trinajstić information content (AvgIpc) is 2.70. The van der Waals surface area contributed by atoms with Crippen molar-refractivity contribution in [2.24, 2.45) is 5.41 Å². The van der Waals surface area contributed by atoms with E-state index in [1.54, 1.807) is 11.8 Å². The Bertz CT molecular complexity index is 887. The number of hydrogen-bond acceptors (Lipinski definition) is 3. The number of anilines is 1. The first-order valence-electron chi connectivity index (χ1n) is 8.48. The minimum absolute atomic E-state index is 0.0299. The molecule has 1 aliphatic carbocycles. The van der Waals surface area contributed by atoms with Gasteiger partial charge in [0.25, 0.3) is 0 Å². The molecule has 2 aromatic carbocycles. The van der Waals surface area contributed by atoms with E-state index >= 15 is 0 Å². The molecule has 1 atom stereocenters. The number of fused-ring (bicyclic) bond motifs is 1. The predicted molar refractivity (Wildman–Crippen MR) is 105 cm³/mol. The van der Waals surface area contributed by atoms with Crippen LogP contribution >= 0.6 is 23.4 Å². The van der Waals surface area contributed by atoms with Gasteiger partial charge >= 0.3 is 0 Å². The van der Waals surface area contributed by atoms with E-state index in [2.05, 4.69) is 31.3 Å². The van der Waals surface area contributed by atoms with Crippen molar-refractivity contribution in [2.45, 2.75) is 36.8 Å². The number of nitrogens with one attached hydrogen (secondary N) is 1. The topological polar surface area (TPSA) is 29.1 Å². The molecule has 0 unspecified atom stereocenters. The quantitative estimate of drug-likeness (QED) is 0.644. The summed E-state index contributed by atoms with van der Waals surface area (Å²) >= 11 is 8.21. The molecular formula is C21H20ClNOS. The fourth-order valence-electron chi connectivity index (χ4n) is 3.68. The first kappa shape index (κ1) is 16.7. The molecular weight excluding hydrogens is 350 g/mol. The molecule has 0 aromatic heterocycles.